The largest absolute Gasteiger partial charge is 0.494 e. The quantitative estimate of drug-likeness (QED) is 0.768. The van der Waals surface area contributed by atoms with Gasteiger partial charge in [0.15, 0.2) is 0 Å². The average Bonchev–Trinajstić information content (AvgIpc) is 2.73. The summed E-state index contributed by atoms with van der Waals surface area (Å²) < 4.78 is 39.2. The van der Waals surface area contributed by atoms with Gasteiger partial charge in [0.2, 0.25) is 10.0 Å². The van der Waals surface area contributed by atoms with Gasteiger partial charge in [0.1, 0.15) is 0 Å². The molecule has 27 heavy (non-hydrogen) atoms. The number of nitrogens with one attached hydrogen (secondary N) is 1. The van der Waals surface area contributed by atoms with E-state index in [2.05, 4.69) is 4.72 Å². The van der Waals surface area contributed by atoms with Crippen LogP contribution in [0.25, 0.3) is 0 Å². The van der Waals surface area contributed by atoms with Gasteiger partial charge in [-0.3, -0.25) is 9.52 Å². The zero-order valence-electron chi connectivity index (χ0n) is 17.3. The molecule has 1 fully saturated rings. The molecule has 1 aliphatic heterocycles. The molecule has 0 radical (unpaired) electrons. The topological polar surface area (TPSA) is 84.9 Å². The first-order valence-electron chi connectivity index (χ1n) is 8.90. The van der Waals surface area contributed by atoms with Gasteiger partial charge in [-0.1, -0.05) is 0 Å². The lowest BCUT2D eigenvalue weighted by Gasteiger charge is -2.32. The smallest absolute Gasteiger partial charge is 0.399 e. The number of rotatable bonds is 5. The van der Waals surface area contributed by atoms with Crippen molar-refractivity contribution in [3.63, 3.8) is 0 Å². The molecule has 1 heterocycles. The Morgan fingerprint density at radius 2 is 1.59 bits per heavy atom. The number of benzene rings is 1. The third kappa shape index (κ3) is 4.47. The maximum atomic E-state index is 12.5. The molecule has 9 heteroatoms. The third-order valence-electron chi connectivity index (χ3n) is 5.01. The van der Waals surface area contributed by atoms with E-state index in [9.17, 15) is 13.2 Å². The molecule has 0 saturated carbocycles. The standard InChI is InChI=1S/C18H29BN2O5S/c1-12(2)27(23,24)20-15-10-13(16(22)21(7)8)9-14(11-15)19-25-17(3,4)18(5,6)26-19/h9-12,20H,1-8H3. The minimum Gasteiger partial charge on any atom is -0.399 e. The van der Waals surface area contributed by atoms with Crippen LogP contribution in [0, 0.1) is 0 Å². The normalized spacial score (nSPS) is 18.6. The van der Waals surface area contributed by atoms with Crippen LogP contribution in [-0.4, -0.2) is 56.9 Å². The van der Waals surface area contributed by atoms with Gasteiger partial charge in [0.25, 0.3) is 5.91 Å². The zero-order valence-corrected chi connectivity index (χ0v) is 18.1. The summed E-state index contributed by atoms with van der Waals surface area (Å²) in [5.74, 6) is -0.238. The highest BCUT2D eigenvalue weighted by Gasteiger charge is 2.51. The van der Waals surface area contributed by atoms with E-state index in [1.54, 1.807) is 40.1 Å². The summed E-state index contributed by atoms with van der Waals surface area (Å²) in [6.07, 6.45) is 0. The van der Waals surface area contributed by atoms with Crippen molar-refractivity contribution in [1.82, 2.24) is 4.90 Å². The third-order valence-corrected chi connectivity index (χ3v) is 6.78. The average molecular weight is 396 g/mol. The van der Waals surface area contributed by atoms with E-state index >= 15 is 0 Å². The van der Waals surface area contributed by atoms with E-state index in [1.165, 1.54) is 11.0 Å². The zero-order chi connectivity index (χ0) is 20.8. The Morgan fingerprint density at radius 1 is 1.07 bits per heavy atom. The maximum absolute atomic E-state index is 12.5. The van der Waals surface area contributed by atoms with E-state index in [0.29, 0.717) is 16.7 Å². The van der Waals surface area contributed by atoms with Crippen LogP contribution in [0.1, 0.15) is 51.9 Å². The molecule has 0 bridgehead atoms. The molecule has 150 valence electrons. The van der Waals surface area contributed by atoms with E-state index in [-0.39, 0.29) is 5.91 Å². The Kier molecular flexibility index (Phi) is 5.72. The summed E-state index contributed by atoms with van der Waals surface area (Å²) in [6.45, 7) is 10.9. The molecule has 0 aromatic heterocycles. The van der Waals surface area contributed by atoms with Crippen LogP contribution in [0.15, 0.2) is 18.2 Å². The van der Waals surface area contributed by atoms with Gasteiger partial charge in [0, 0.05) is 25.3 Å². The molecule has 1 aliphatic rings. The van der Waals surface area contributed by atoms with E-state index in [0.717, 1.165) is 0 Å². The van der Waals surface area contributed by atoms with Crippen molar-refractivity contribution in [2.45, 2.75) is 58.0 Å². The highest BCUT2D eigenvalue weighted by molar-refractivity contribution is 7.93. The molecule has 1 amide bonds. The van der Waals surface area contributed by atoms with E-state index in [4.69, 9.17) is 9.31 Å². The van der Waals surface area contributed by atoms with Crippen LogP contribution in [0.5, 0.6) is 0 Å². The molecule has 2 rings (SSSR count). The Hall–Kier alpha value is -1.58. The highest BCUT2D eigenvalue weighted by atomic mass is 32.2. The van der Waals surface area contributed by atoms with E-state index in [1.807, 2.05) is 27.7 Å². The summed E-state index contributed by atoms with van der Waals surface area (Å²) in [7, 11) is -0.977. The van der Waals surface area contributed by atoms with Gasteiger partial charge in [0.05, 0.1) is 16.5 Å². The number of sulfonamides is 1. The van der Waals surface area contributed by atoms with Crippen LogP contribution < -0.4 is 10.2 Å². The SMILES string of the molecule is CC(C)S(=O)(=O)Nc1cc(B2OC(C)(C)C(C)(C)O2)cc(C(=O)N(C)C)c1. The van der Waals surface area contributed by atoms with Crippen molar-refractivity contribution in [3.05, 3.63) is 23.8 Å². The van der Waals surface area contributed by atoms with Gasteiger partial charge in [-0.25, -0.2) is 8.42 Å². The fraction of sp³-hybridized carbons (Fsp3) is 0.611. The first-order valence-corrected chi connectivity index (χ1v) is 10.4. The van der Waals surface area contributed by atoms with Crippen molar-refractivity contribution in [2.24, 2.45) is 0 Å². The van der Waals surface area contributed by atoms with Crippen molar-refractivity contribution in [3.8, 4) is 0 Å². The van der Waals surface area contributed by atoms with Crippen LogP contribution in [0.2, 0.25) is 0 Å². The van der Waals surface area contributed by atoms with Gasteiger partial charge in [-0.15, -0.1) is 0 Å². The van der Waals surface area contributed by atoms with Crippen LogP contribution in [0.3, 0.4) is 0 Å². The number of carbonyl (C=O) groups is 1. The maximum Gasteiger partial charge on any atom is 0.494 e. The molecule has 1 N–H and O–H groups in total. The minimum absolute atomic E-state index is 0.238. The lowest BCUT2D eigenvalue weighted by molar-refractivity contribution is 0.00578. The fourth-order valence-electron chi connectivity index (χ4n) is 2.49. The number of hydrogen-bond donors (Lipinski definition) is 1. The second kappa shape index (κ2) is 7.11. The Labute approximate surface area is 162 Å². The summed E-state index contributed by atoms with van der Waals surface area (Å²) in [6, 6.07) is 4.85. The molecule has 1 aromatic carbocycles. The second-order valence-corrected chi connectivity index (χ2v) is 10.6. The lowest BCUT2D eigenvalue weighted by atomic mass is 9.78. The second-order valence-electron chi connectivity index (χ2n) is 8.33. The number of amides is 1. The number of carbonyl (C=O) groups excluding carboxylic acids is 1. The monoisotopic (exact) mass is 396 g/mol. The molecular weight excluding hydrogens is 367 g/mol. The summed E-state index contributed by atoms with van der Waals surface area (Å²) in [4.78, 5) is 13.9. The van der Waals surface area contributed by atoms with Crippen molar-refractivity contribution in [2.75, 3.05) is 18.8 Å². The van der Waals surface area contributed by atoms with Crippen LogP contribution >= 0.6 is 0 Å². The molecular formula is C18H29BN2O5S. The molecule has 0 atom stereocenters. The predicted molar refractivity (Wildman–Crippen MR) is 108 cm³/mol. The summed E-state index contributed by atoms with van der Waals surface area (Å²) in [5, 5.41) is -0.606. The van der Waals surface area contributed by atoms with Gasteiger partial charge in [-0.05, 0) is 65.2 Å². The summed E-state index contributed by atoms with van der Waals surface area (Å²) >= 11 is 0. The number of anilines is 1. The highest BCUT2D eigenvalue weighted by Crippen LogP contribution is 2.36. The first kappa shape index (κ1) is 21.7. The Balaban J connectivity index is 2.50. The van der Waals surface area contributed by atoms with Gasteiger partial charge < -0.3 is 14.2 Å². The molecule has 0 spiro atoms. The van der Waals surface area contributed by atoms with Crippen LogP contribution in [-0.2, 0) is 19.3 Å². The first-order chi connectivity index (χ1) is 12.2. The van der Waals surface area contributed by atoms with Crippen molar-refractivity contribution >= 4 is 34.2 Å². The van der Waals surface area contributed by atoms with Crippen molar-refractivity contribution < 1.29 is 22.5 Å². The Bertz CT molecular complexity index is 818. The number of hydrogen-bond acceptors (Lipinski definition) is 5. The molecule has 7 nitrogen and oxygen atoms in total. The molecule has 0 unspecified atom stereocenters. The van der Waals surface area contributed by atoms with Gasteiger partial charge >= 0.3 is 7.12 Å². The van der Waals surface area contributed by atoms with Crippen LogP contribution in [0.4, 0.5) is 5.69 Å². The molecule has 1 aromatic rings. The Morgan fingerprint density at radius 3 is 2.04 bits per heavy atom. The van der Waals surface area contributed by atoms with Crippen molar-refractivity contribution in [1.29, 1.82) is 0 Å². The van der Waals surface area contributed by atoms with E-state index < -0.39 is 33.6 Å². The molecule has 1 saturated heterocycles. The fourth-order valence-corrected chi connectivity index (χ4v) is 3.17. The summed E-state index contributed by atoms with van der Waals surface area (Å²) in [5.41, 5.74) is 0.158. The van der Waals surface area contributed by atoms with Gasteiger partial charge in [-0.2, -0.15) is 0 Å². The minimum atomic E-state index is -3.56. The predicted octanol–water partition coefficient (Wildman–Crippen LogP) is 1.84. The lowest BCUT2D eigenvalue weighted by Crippen LogP contribution is -2.41. The number of nitrogens with zero attached hydrogens (tertiary/aromatic N) is 1. The molecule has 0 aliphatic carbocycles.